The van der Waals surface area contributed by atoms with Crippen LogP contribution in [0.25, 0.3) is 45.0 Å². The molecule has 131 heavy (non-hydrogen) atoms. The third kappa shape index (κ3) is 23.8. The number of anilines is 10. The van der Waals surface area contributed by atoms with Gasteiger partial charge in [-0.2, -0.15) is 0 Å². The van der Waals surface area contributed by atoms with Gasteiger partial charge in [0.15, 0.2) is 0 Å². The fourth-order valence-electron chi connectivity index (χ4n) is 16.5. The minimum absolute atomic E-state index is 0.0277. The molecule has 30 nitrogen and oxygen atoms in total. The van der Waals surface area contributed by atoms with E-state index in [1.165, 1.54) is 92.8 Å². The summed E-state index contributed by atoms with van der Waals surface area (Å²) in [6.07, 6.45) is 7.54. The average molecular weight is 1930 g/mol. The third-order valence-corrected chi connectivity index (χ3v) is 33.2. The molecule has 5 amide bonds. The molecule has 0 bridgehead atoms. The van der Waals surface area contributed by atoms with Gasteiger partial charge < -0.3 is 51.9 Å². The monoisotopic (exact) mass is 1930 g/mol. The first kappa shape index (κ1) is 92.5. The first-order valence-corrected chi connectivity index (χ1v) is 51.9. The molecule has 9 N–H and O–H groups in total. The Morgan fingerprint density at radius 1 is 0.366 bits per heavy atom. The topological polar surface area (TPSA) is 356 Å². The molecule has 0 saturated carbocycles. The second kappa shape index (κ2) is 41.8. The van der Waals surface area contributed by atoms with Crippen LogP contribution < -0.4 is 42.4 Å². The van der Waals surface area contributed by atoms with Gasteiger partial charge in [-0.25, -0.2) is 53.4 Å². The lowest BCUT2D eigenvalue weighted by molar-refractivity contribution is -0.131. The number of hydrogen-bond donors (Lipinski definition) is 8. The van der Waals surface area contributed by atoms with Gasteiger partial charge in [-0.3, -0.25) is 43.6 Å². The van der Waals surface area contributed by atoms with Crippen molar-refractivity contribution >= 4 is 190 Å². The third-order valence-electron chi connectivity index (χ3n) is 22.9. The molecule has 8 aliphatic heterocycles. The number of fused-ring (bicyclic) bond motifs is 12. The SMILES string of the molecule is CC(=O)N1CCN(Cc2cc3c(s2)CSc2cnc(Nc4cc(C)cc(C)c4)nc2-3)CC1.CC(=O)N1CCN(Cc2cc3c(s2)CSc2cnc(Nc4cccc(S(N)(=O)=O)c4)nc2-3)CC1.CC(=O)Nc1cccc(Nc2ncc3c(n2)-c2cc(CN4CCN(C(C)=O)CC4)sc2CS3)c1.CC(=O)Nc1cccc(Nc2ncc3c(n2)-c2cc(CN4CCNCC4)sc2CS3)c1. The Bertz CT molecular complexity index is 6350. The van der Waals surface area contributed by atoms with Gasteiger partial charge in [0.25, 0.3) is 0 Å². The van der Waals surface area contributed by atoms with E-state index in [2.05, 4.69) is 133 Å². The molecule has 0 spiro atoms. The summed E-state index contributed by atoms with van der Waals surface area (Å²) >= 11 is 14.6. The van der Waals surface area contributed by atoms with Crippen molar-refractivity contribution in [1.29, 1.82) is 0 Å². The van der Waals surface area contributed by atoms with E-state index in [-0.39, 0.29) is 34.4 Å². The fraction of sp³-hybridized carbons (Fsp3) is 0.337. The average Bonchev–Trinajstić information content (AvgIpc) is 1.56. The number of hydrogen-bond acceptors (Lipinski definition) is 32. The first-order chi connectivity index (χ1) is 63.3. The Balaban J connectivity index is 0.000000122. The van der Waals surface area contributed by atoms with Crippen molar-refractivity contribution in [2.45, 2.75) is 122 Å². The van der Waals surface area contributed by atoms with E-state index in [0.717, 1.165) is 230 Å². The highest BCUT2D eigenvalue weighted by Gasteiger charge is 2.31. The molecule has 8 aromatic heterocycles. The largest absolute Gasteiger partial charge is 0.340 e. The summed E-state index contributed by atoms with van der Waals surface area (Å²) in [6.45, 7) is 30.3. The molecular weight excluding hydrogens is 1830 g/mol. The zero-order valence-electron chi connectivity index (χ0n) is 73.6. The van der Waals surface area contributed by atoms with Crippen LogP contribution in [0.2, 0.25) is 0 Å². The van der Waals surface area contributed by atoms with Crippen LogP contribution in [0.15, 0.2) is 165 Å². The maximum atomic E-state index is 11.7. The lowest BCUT2D eigenvalue weighted by atomic mass is 10.1. The maximum Gasteiger partial charge on any atom is 0.238 e. The van der Waals surface area contributed by atoms with E-state index in [9.17, 15) is 32.4 Å². The summed E-state index contributed by atoms with van der Waals surface area (Å²) in [6, 6.07) is 36.8. The van der Waals surface area contributed by atoms with Crippen LogP contribution in [0.3, 0.4) is 0 Å². The van der Waals surface area contributed by atoms with Gasteiger partial charge in [0, 0.05) is 309 Å². The van der Waals surface area contributed by atoms with Gasteiger partial charge >= 0.3 is 0 Å². The van der Waals surface area contributed by atoms with Crippen molar-refractivity contribution in [2.75, 3.05) is 137 Å². The fourth-order valence-corrected chi connectivity index (χ4v) is 26.1. The minimum atomic E-state index is -3.79. The van der Waals surface area contributed by atoms with Crippen molar-refractivity contribution in [3.63, 3.8) is 0 Å². The summed E-state index contributed by atoms with van der Waals surface area (Å²) in [7, 11) is -3.79. The van der Waals surface area contributed by atoms with Gasteiger partial charge in [-0.1, -0.05) is 24.3 Å². The highest BCUT2D eigenvalue weighted by atomic mass is 32.2. The second-order valence-electron chi connectivity index (χ2n) is 32.8. The quantitative estimate of drug-likeness (QED) is 0.0373. The van der Waals surface area contributed by atoms with Gasteiger partial charge in [0.05, 0.1) is 47.3 Å². The molecule has 4 fully saturated rings. The molecule has 8 aliphatic rings. The van der Waals surface area contributed by atoms with Gasteiger partial charge in [-0.05, 0) is 116 Å². The first-order valence-electron chi connectivity index (χ1n) is 43.2. The lowest BCUT2D eigenvalue weighted by Crippen LogP contribution is -2.47. The molecule has 0 aliphatic carbocycles. The molecule has 0 radical (unpaired) electrons. The van der Waals surface area contributed by atoms with E-state index in [0.29, 0.717) is 29.5 Å². The van der Waals surface area contributed by atoms with Crippen LogP contribution in [0.1, 0.15) is 84.8 Å². The summed E-state index contributed by atoms with van der Waals surface area (Å²) in [4.78, 5) is 125. The molecule has 4 aromatic carbocycles. The van der Waals surface area contributed by atoms with Crippen molar-refractivity contribution in [3.8, 4) is 45.0 Å². The predicted molar refractivity (Wildman–Crippen MR) is 529 cm³/mol. The van der Waals surface area contributed by atoms with Gasteiger partial charge in [0.1, 0.15) is 0 Å². The Morgan fingerprint density at radius 3 is 0.962 bits per heavy atom. The van der Waals surface area contributed by atoms with Gasteiger partial charge in [0.2, 0.25) is 63.4 Å². The molecule has 0 atom stereocenters. The van der Waals surface area contributed by atoms with E-state index >= 15 is 0 Å². The number of benzene rings is 4. The minimum Gasteiger partial charge on any atom is -0.340 e. The number of carbonyl (C=O) groups is 5. The molecular formula is C92H101N23O7S9. The molecule has 20 rings (SSSR count). The van der Waals surface area contributed by atoms with Crippen molar-refractivity contribution < 1.29 is 32.4 Å². The Morgan fingerprint density at radius 2 is 0.656 bits per heavy atom. The Hall–Kier alpha value is -10.3. The van der Waals surface area contributed by atoms with E-state index in [4.69, 9.17) is 25.1 Å². The molecule has 4 saturated heterocycles. The van der Waals surface area contributed by atoms with E-state index in [1.807, 2.05) is 139 Å². The number of aromatic nitrogens is 8. The van der Waals surface area contributed by atoms with Crippen molar-refractivity contribution in [1.82, 2.24) is 79.5 Å². The number of sulfonamides is 1. The molecule has 12 aromatic rings. The normalized spacial score (nSPS) is 15.8. The van der Waals surface area contributed by atoms with Gasteiger partial charge in [-0.15, -0.1) is 92.4 Å². The number of primary sulfonamides is 1. The molecule has 39 heteroatoms. The number of thiophene rings is 4. The van der Waals surface area contributed by atoms with Crippen LogP contribution in [0.4, 0.5) is 57.9 Å². The number of aryl methyl sites for hydroxylation is 2. The number of rotatable bonds is 19. The number of nitrogens with zero attached hydrogens (tertiary/aromatic N) is 15. The number of carbonyl (C=O) groups excluding carboxylic acids is 5. The van der Waals surface area contributed by atoms with Crippen LogP contribution >= 0.6 is 92.4 Å². The molecule has 16 heterocycles. The van der Waals surface area contributed by atoms with Crippen molar-refractivity contribution in [2.24, 2.45) is 5.14 Å². The number of piperazine rings is 4. The summed E-state index contributed by atoms with van der Waals surface area (Å²) in [5.41, 5.74) is 15.8. The smallest absolute Gasteiger partial charge is 0.238 e. The molecule has 0 unspecified atom stereocenters. The van der Waals surface area contributed by atoms with Crippen molar-refractivity contribution in [3.05, 3.63) is 190 Å². The predicted octanol–water partition coefficient (Wildman–Crippen LogP) is 15.8. The van der Waals surface area contributed by atoms with Crippen LogP contribution in [0.5, 0.6) is 0 Å². The standard InChI is InChI=1S/C24H26N6O2S2.C24H27N5OS2.C22H24N6O3S3.C22H24N6OS2/c1-15(31)26-17-4-3-5-18(10-17)27-24-25-12-21-23(28-24)20-11-19(34-22(20)14-33-21)13-29-6-8-30(9-7-29)16(2)32;1-15-8-16(2)10-18(9-15)26-24-25-12-21-23(27-24)20-11-19(32-22(20)14-31-21)13-28-4-6-29(7-5-28)17(3)30;1-14(29)28-7-5-27(6-8-28)12-16-10-18-20(33-16)13-32-19-11-24-22(26-21(18)19)25-15-3-2-4-17(9-15)34(23,30)31;1-14(29)25-15-3-2-4-16(9-15)26-22-24-11-19-21(27-22)18-10-17(31-20(18)13-30-19)12-28-7-5-23-6-8-28/h3-5,10-12H,6-9,13-14H2,1-2H3,(H,26,31)(H,25,27,28);8-12H,4-7,13-14H2,1-3H3,(H,25,26,27);2-4,9-11H,5-8,12-13H2,1H3,(H2,23,30,31)(H,24,25,26);2-4,9-11,23H,5-8,12-13H2,1H3,(H,25,29)(H,24,26,27). The van der Waals surface area contributed by atoms with E-state index < -0.39 is 10.0 Å². The Kier molecular flexibility index (Phi) is 29.5. The lowest BCUT2D eigenvalue weighted by Gasteiger charge is -2.33. The highest BCUT2D eigenvalue weighted by molar-refractivity contribution is 7.99. The van der Waals surface area contributed by atoms with Crippen LogP contribution in [-0.2, 0) is 83.2 Å². The second-order valence-corrected chi connectivity index (χ2v) is 43.3. The summed E-state index contributed by atoms with van der Waals surface area (Å²) in [5.74, 6) is 6.14. The number of nitrogens with two attached hydrogens (primary N) is 1. The van der Waals surface area contributed by atoms with E-state index in [1.54, 1.807) is 74.4 Å². The Labute approximate surface area is 794 Å². The number of thioether (sulfide) groups is 4. The summed E-state index contributed by atoms with van der Waals surface area (Å²) < 4.78 is 23.3. The van der Waals surface area contributed by atoms with Crippen LogP contribution in [0, 0.1) is 13.8 Å². The molecule has 680 valence electrons. The van der Waals surface area contributed by atoms with Crippen LogP contribution in [-0.4, -0.2) is 217 Å². The zero-order chi connectivity index (χ0) is 91.0. The summed E-state index contributed by atoms with van der Waals surface area (Å²) in [5, 5.41) is 27.3. The number of amides is 5. The highest BCUT2D eigenvalue weighted by Crippen LogP contribution is 2.49. The zero-order valence-corrected chi connectivity index (χ0v) is 80.9. The number of nitrogens with one attached hydrogen (secondary N) is 7. The maximum absolute atomic E-state index is 11.7.